The molecule has 0 saturated carbocycles. The van der Waals surface area contributed by atoms with Crippen LogP contribution in [0.25, 0.3) is 0 Å². The molecule has 0 unspecified atom stereocenters. The molecule has 0 N–H and O–H groups in total. The summed E-state index contributed by atoms with van der Waals surface area (Å²) in [5, 5.41) is 0. The van der Waals surface area contributed by atoms with Crippen LogP contribution in [0, 0.1) is 26.6 Å². The molecule has 1 amide bonds. The summed E-state index contributed by atoms with van der Waals surface area (Å²) in [4.78, 5) is 20.3. The van der Waals surface area contributed by atoms with E-state index in [1.807, 2.05) is 21.9 Å². The van der Waals surface area contributed by atoms with Gasteiger partial charge in [0.2, 0.25) is 0 Å². The van der Waals surface area contributed by atoms with Gasteiger partial charge in [-0.15, -0.1) is 0 Å². The number of carbonyl (C=O) groups is 1. The first-order valence-electron chi connectivity index (χ1n) is 12.8. The van der Waals surface area contributed by atoms with Gasteiger partial charge < -0.3 is 24.0 Å². The van der Waals surface area contributed by atoms with Crippen LogP contribution in [-0.2, 0) is 11.3 Å². The van der Waals surface area contributed by atoms with E-state index in [-0.39, 0.29) is 11.7 Å². The molecule has 36 heavy (non-hydrogen) atoms. The van der Waals surface area contributed by atoms with Crippen LogP contribution >= 0.6 is 0 Å². The number of benzene rings is 2. The molecule has 2 fully saturated rings. The van der Waals surface area contributed by atoms with Gasteiger partial charge in [-0.05, 0) is 38.5 Å². The maximum absolute atomic E-state index is 14.3. The fourth-order valence-corrected chi connectivity index (χ4v) is 5.61. The molecule has 2 saturated heterocycles. The van der Waals surface area contributed by atoms with Crippen LogP contribution in [0.2, 0.25) is 0 Å². The van der Waals surface area contributed by atoms with E-state index < -0.39 is 0 Å². The zero-order chi connectivity index (χ0) is 25.2. The van der Waals surface area contributed by atoms with E-state index in [9.17, 15) is 9.18 Å². The molecule has 5 rings (SSSR count). The van der Waals surface area contributed by atoms with E-state index in [4.69, 9.17) is 4.74 Å². The average molecular weight is 491 g/mol. The number of amides is 1. The van der Waals surface area contributed by atoms with Crippen LogP contribution in [0.15, 0.2) is 48.5 Å². The number of piperazine rings is 1. The summed E-state index contributed by atoms with van der Waals surface area (Å²) >= 11 is 0. The first kappa shape index (κ1) is 24.4. The number of carbonyl (C=O) groups excluding carboxylic acids is 1. The van der Waals surface area contributed by atoms with Gasteiger partial charge >= 0.3 is 0 Å². The molecule has 2 aliphatic heterocycles. The van der Waals surface area contributed by atoms with Gasteiger partial charge in [0.15, 0.2) is 0 Å². The molecule has 3 heterocycles. The average Bonchev–Trinajstić information content (AvgIpc) is 3.13. The number of hydrogen-bond donors (Lipinski definition) is 0. The van der Waals surface area contributed by atoms with Gasteiger partial charge in [0, 0.05) is 57.1 Å². The molecular formula is C29H35FN4O2. The zero-order valence-electron chi connectivity index (χ0n) is 21.5. The van der Waals surface area contributed by atoms with Crippen LogP contribution < -0.4 is 9.80 Å². The Morgan fingerprint density at radius 2 is 1.61 bits per heavy atom. The van der Waals surface area contributed by atoms with E-state index in [0.29, 0.717) is 51.6 Å². The fourth-order valence-electron chi connectivity index (χ4n) is 5.61. The number of nitrogens with zero attached hydrogens (tertiary/aromatic N) is 4. The summed E-state index contributed by atoms with van der Waals surface area (Å²) in [7, 11) is 0. The third kappa shape index (κ3) is 4.72. The molecule has 2 aromatic carbocycles. The summed E-state index contributed by atoms with van der Waals surface area (Å²) < 4.78 is 22.1. The maximum Gasteiger partial charge on any atom is 0.270 e. The molecule has 0 atom stereocenters. The van der Waals surface area contributed by atoms with E-state index in [1.165, 1.54) is 17.2 Å². The number of anilines is 2. The fraction of sp³-hybridized carbons (Fsp3) is 0.414. The summed E-state index contributed by atoms with van der Waals surface area (Å²) in [5.74, 6) is -0.165. The van der Waals surface area contributed by atoms with Gasteiger partial charge in [-0.1, -0.05) is 42.0 Å². The first-order chi connectivity index (χ1) is 17.4. The van der Waals surface area contributed by atoms with Gasteiger partial charge in [-0.25, -0.2) is 4.39 Å². The second-order valence-electron chi connectivity index (χ2n) is 9.81. The Bertz CT molecular complexity index is 1240. The lowest BCUT2D eigenvalue weighted by Crippen LogP contribution is -2.49. The Hall–Kier alpha value is -3.32. The summed E-state index contributed by atoms with van der Waals surface area (Å²) in [5.41, 5.74) is 7.05. The Labute approximate surface area is 212 Å². The maximum atomic E-state index is 14.3. The van der Waals surface area contributed by atoms with E-state index in [0.717, 1.165) is 35.7 Å². The quantitative estimate of drug-likeness (QED) is 0.532. The predicted octanol–water partition coefficient (Wildman–Crippen LogP) is 4.40. The highest BCUT2D eigenvalue weighted by Gasteiger charge is 2.31. The number of para-hydroxylation sites is 1. The summed E-state index contributed by atoms with van der Waals surface area (Å²) in [6.45, 7) is 12.3. The van der Waals surface area contributed by atoms with E-state index in [1.54, 1.807) is 6.07 Å². The normalized spacial score (nSPS) is 16.5. The first-order valence-corrected chi connectivity index (χ1v) is 12.8. The minimum atomic E-state index is -0.217. The molecule has 1 aromatic heterocycles. The Balaban J connectivity index is 1.45. The third-order valence-electron chi connectivity index (χ3n) is 7.44. The van der Waals surface area contributed by atoms with E-state index >= 15 is 0 Å². The van der Waals surface area contributed by atoms with Gasteiger partial charge in [0.1, 0.15) is 11.5 Å². The molecule has 3 aromatic rings. The van der Waals surface area contributed by atoms with Gasteiger partial charge in [0.05, 0.1) is 24.6 Å². The van der Waals surface area contributed by atoms with E-state index in [2.05, 4.69) is 54.5 Å². The monoisotopic (exact) mass is 490 g/mol. The highest BCUT2D eigenvalue weighted by Crippen LogP contribution is 2.33. The van der Waals surface area contributed by atoms with Crippen LogP contribution in [-0.4, -0.2) is 67.9 Å². The summed E-state index contributed by atoms with van der Waals surface area (Å²) in [6.07, 6.45) is 0. The lowest BCUT2D eigenvalue weighted by Gasteiger charge is -2.36. The number of aryl methyl sites for hydroxylation is 1. The summed E-state index contributed by atoms with van der Waals surface area (Å²) in [6, 6.07) is 15.3. The zero-order valence-corrected chi connectivity index (χ0v) is 21.5. The highest BCUT2D eigenvalue weighted by molar-refractivity contribution is 5.97. The number of ether oxygens (including phenoxy) is 1. The number of halogens is 1. The standard InChI is InChI=1S/C29H35FN4O2/c1-21-7-6-8-24(19-21)20-34-23(3)27(32-15-17-36-18-16-32)22(2)28(34)29(35)33-13-11-31(12-14-33)26-10-5-4-9-25(26)30/h4-10,19H,11-18,20H2,1-3H3. The predicted molar refractivity (Wildman–Crippen MR) is 142 cm³/mol. The van der Waals surface area contributed by atoms with Crippen molar-refractivity contribution >= 4 is 17.3 Å². The molecule has 190 valence electrons. The molecule has 7 heteroatoms. The van der Waals surface area contributed by atoms with Crippen molar-refractivity contribution < 1.29 is 13.9 Å². The van der Waals surface area contributed by atoms with Gasteiger partial charge in [0.25, 0.3) is 5.91 Å². The molecule has 0 aliphatic carbocycles. The lowest BCUT2D eigenvalue weighted by atomic mass is 10.1. The van der Waals surface area contributed by atoms with Crippen molar-refractivity contribution in [1.82, 2.24) is 9.47 Å². The smallest absolute Gasteiger partial charge is 0.270 e. The van der Waals surface area contributed by atoms with Crippen LogP contribution in [0.3, 0.4) is 0 Å². The number of morpholine rings is 1. The number of rotatable bonds is 5. The Kier molecular flexibility index (Phi) is 7.01. The second-order valence-corrected chi connectivity index (χ2v) is 9.81. The largest absolute Gasteiger partial charge is 0.378 e. The van der Waals surface area contributed by atoms with Crippen molar-refractivity contribution in [3.05, 3.63) is 82.4 Å². The SMILES string of the molecule is Cc1cccc(Cn2c(C)c(N3CCOCC3)c(C)c2C(=O)N2CCN(c3ccccc3F)CC2)c1. The van der Waals surface area contributed by atoms with Crippen molar-refractivity contribution in [2.45, 2.75) is 27.3 Å². The highest BCUT2D eigenvalue weighted by atomic mass is 19.1. The van der Waals surface area contributed by atoms with Crippen molar-refractivity contribution in [2.75, 3.05) is 62.3 Å². The number of aromatic nitrogens is 1. The molecule has 0 radical (unpaired) electrons. The molecule has 0 spiro atoms. The topological polar surface area (TPSA) is 41.0 Å². The van der Waals surface area contributed by atoms with Crippen LogP contribution in [0.5, 0.6) is 0 Å². The van der Waals surface area contributed by atoms with Crippen LogP contribution in [0.4, 0.5) is 15.8 Å². The number of hydrogen-bond acceptors (Lipinski definition) is 4. The second kappa shape index (κ2) is 10.3. The molecule has 6 nitrogen and oxygen atoms in total. The van der Waals surface area contributed by atoms with Crippen LogP contribution in [0.1, 0.15) is 32.9 Å². The van der Waals surface area contributed by atoms with Gasteiger partial charge in [-0.3, -0.25) is 4.79 Å². The van der Waals surface area contributed by atoms with Crippen molar-refractivity contribution in [3.8, 4) is 0 Å². The molecular weight excluding hydrogens is 455 g/mol. The molecule has 0 bridgehead atoms. The Morgan fingerprint density at radius 1 is 0.889 bits per heavy atom. The Morgan fingerprint density at radius 3 is 2.31 bits per heavy atom. The minimum absolute atomic E-state index is 0.0518. The van der Waals surface area contributed by atoms with Crippen molar-refractivity contribution in [1.29, 1.82) is 0 Å². The third-order valence-corrected chi connectivity index (χ3v) is 7.44. The molecule has 2 aliphatic rings. The van der Waals surface area contributed by atoms with Gasteiger partial charge in [-0.2, -0.15) is 0 Å². The minimum Gasteiger partial charge on any atom is -0.378 e. The van der Waals surface area contributed by atoms with Crippen molar-refractivity contribution in [2.24, 2.45) is 0 Å². The lowest BCUT2D eigenvalue weighted by molar-refractivity contribution is 0.0735. The van der Waals surface area contributed by atoms with Crippen molar-refractivity contribution in [3.63, 3.8) is 0 Å².